The van der Waals surface area contributed by atoms with E-state index < -0.39 is 0 Å². The molecule has 1 aliphatic rings. The van der Waals surface area contributed by atoms with E-state index in [4.69, 9.17) is 16.6 Å². The molecule has 4 rings (SSSR count). The minimum absolute atomic E-state index is 0.761. The molecule has 3 aromatic rings. The van der Waals surface area contributed by atoms with E-state index in [1.165, 1.54) is 19.3 Å². The van der Waals surface area contributed by atoms with Gasteiger partial charge >= 0.3 is 0 Å². The molecule has 4 heterocycles. The summed E-state index contributed by atoms with van der Waals surface area (Å²) in [5, 5.41) is 11.9. The molecule has 0 aliphatic carbocycles. The van der Waals surface area contributed by atoms with E-state index in [2.05, 4.69) is 20.1 Å². The third kappa shape index (κ3) is 2.83. The number of fused-ring (bicyclic) bond motifs is 1. The number of hydrogen-bond donors (Lipinski definition) is 0. The molecular formula is C15H15ClN4S2. The van der Waals surface area contributed by atoms with Crippen LogP contribution < -0.4 is 0 Å². The predicted molar refractivity (Wildman–Crippen MR) is 90.8 cm³/mol. The average molecular weight is 351 g/mol. The highest BCUT2D eigenvalue weighted by molar-refractivity contribution is 7.19. The zero-order valence-electron chi connectivity index (χ0n) is 12.0. The van der Waals surface area contributed by atoms with Crippen molar-refractivity contribution in [3.8, 4) is 10.6 Å². The number of nitrogens with zero attached hydrogens (tertiary/aromatic N) is 4. The van der Waals surface area contributed by atoms with Crippen LogP contribution in [0, 0.1) is 0 Å². The highest BCUT2D eigenvalue weighted by atomic mass is 35.5. The van der Waals surface area contributed by atoms with Gasteiger partial charge in [0.25, 0.3) is 0 Å². The molecule has 0 fully saturated rings. The Kier molecular flexibility index (Phi) is 3.98. The quantitative estimate of drug-likeness (QED) is 0.701. The summed E-state index contributed by atoms with van der Waals surface area (Å²) >= 11 is 9.24. The van der Waals surface area contributed by atoms with Crippen LogP contribution >= 0.6 is 34.3 Å². The second-order valence-electron chi connectivity index (χ2n) is 5.40. The van der Waals surface area contributed by atoms with Crippen molar-refractivity contribution in [1.82, 2.24) is 19.7 Å². The summed E-state index contributed by atoms with van der Waals surface area (Å²) < 4.78 is 3.09. The predicted octanol–water partition coefficient (Wildman–Crippen LogP) is 4.43. The molecule has 0 aromatic carbocycles. The highest BCUT2D eigenvalue weighted by Crippen LogP contribution is 2.32. The molecule has 0 spiro atoms. The van der Waals surface area contributed by atoms with E-state index in [9.17, 15) is 0 Å². The number of rotatable bonds is 3. The smallest absolute Gasteiger partial charge is 0.139 e. The van der Waals surface area contributed by atoms with Crippen molar-refractivity contribution < 1.29 is 0 Å². The Labute approximate surface area is 141 Å². The Bertz CT molecular complexity index is 789. The first-order valence-electron chi connectivity index (χ1n) is 7.40. The molecule has 0 N–H and O–H groups in total. The van der Waals surface area contributed by atoms with Gasteiger partial charge in [0.05, 0.1) is 21.3 Å². The van der Waals surface area contributed by atoms with Gasteiger partial charge in [0.2, 0.25) is 0 Å². The van der Waals surface area contributed by atoms with Crippen molar-refractivity contribution in [2.75, 3.05) is 0 Å². The molecule has 1 aliphatic heterocycles. The van der Waals surface area contributed by atoms with Crippen molar-refractivity contribution in [2.24, 2.45) is 0 Å². The van der Waals surface area contributed by atoms with Gasteiger partial charge in [-0.1, -0.05) is 18.0 Å². The van der Waals surface area contributed by atoms with Gasteiger partial charge in [-0.2, -0.15) is 0 Å². The Morgan fingerprint density at radius 1 is 1.18 bits per heavy atom. The van der Waals surface area contributed by atoms with Crippen LogP contribution in [0.4, 0.5) is 0 Å². The Morgan fingerprint density at radius 2 is 2.14 bits per heavy atom. The molecule has 22 heavy (non-hydrogen) atoms. The summed E-state index contributed by atoms with van der Waals surface area (Å²) in [5.41, 5.74) is 1.01. The van der Waals surface area contributed by atoms with Crippen molar-refractivity contribution in [3.63, 3.8) is 0 Å². The molecule has 0 saturated carbocycles. The van der Waals surface area contributed by atoms with Gasteiger partial charge in [0.15, 0.2) is 0 Å². The molecule has 0 atom stereocenters. The lowest BCUT2D eigenvalue weighted by Gasteiger charge is -2.05. The van der Waals surface area contributed by atoms with Crippen molar-refractivity contribution in [3.05, 3.63) is 38.5 Å². The van der Waals surface area contributed by atoms with Crippen LogP contribution in [0.1, 0.15) is 35.9 Å². The largest absolute Gasteiger partial charge is 0.315 e. The van der Waals surface area contributed by atoms with Crippen molar-refractivity contribution >= 4 is 34.3 Å². The van der Waals surface area contributed by atoms with Crippen molar-refractivity contribution in [2.45, 2.75) is 38.6 Å². The number of aromatic nitrogens is 4. The van der Waals surface area contributed by atoms with E-state index in [1.54, 1.807) is 22.7 Å². The zero-order valence-corrected chi connectivity index (χ0v) is 14.3. The highest BCUT2D eigenvalue weighted by Gasteiger charge is 2.16. The van der Waals surface area contributed by atoms with Crippen LogP contribution in [0.5, 0.6) is 0 Å². The molecule has 4 nitrogen and oxygen atoms in total. The minimum atomic E-state index is 0.761. The summed E-state index contributed by atoms with van der Waals surface area (Å²) in [7, 11) is 0. The summed E-state index contributed by atoms with van der Waals surface area (Å²) in [6.45, 7) is 1.04. The maximum Gasteiger partial charge on any atom is 0.139 e. The second-order valence-corrected chi connectivity index (χ2v) is 8.06. The fraction of sp³-hybridized carbons (Fsp3) is 0.400. The first-order valence-corrected chi connectivity index (χ1v) is 9.48. The molecule has 114 valence electrons. The van der Waals surface area contributed by atoms with Gasteiger partial charge in [-0.15, -0.1) is 32.9 Å². The van der Waals surface area contributed by atoms with Gasteiger partial charge in [0.1, 0.15) is 16.7 Å². The monoisotopic (exact) mass is 350 g/mol. The Morgan fingerprint density at radius 3 is 3.00 bits per heavy atom. The molecule has 3 aromatic heterocycles. The van der Waals surface area contributed by atoms with Crippen LogP contribution in [0.2, 0.25) is 4.34 Å². The van der Waals surface area contributed by atoms with E-state index >= 15 is 0 Å². The summed E-state index contributed by atoms with van der Waals surface area (Å²) in [6.07, 6.45) is 5.53. The number of thiazole rings is 1. The maximum absolute atomic E-state index is 6.00. The van der Waals surface area contributed by atoms with E-state index in [0.717, 1.165) is 51.0 Å². The van der Waals surface area contributed by atoms with Gasteiger partial charge < -0.3 is 4.57 Å². The number of hydrogen-bond acceptors (Lipinski definition) is 5. The summed E-state index contributed by atoms with van der Waals surface area (Å²) in [6, 6.07) is 3.94. The van der Waals surface area contributed by atoms with Crippen LogP contribution in [0.15, 0.2) is 17.5 Å². The van der Waals surface area contributed by atoms with Gasteiger partial charge in [0, 0.05) is 18.3 Å². The van der Waals surface area contributed by atoms with Crippen LogP contribution in [-0.4, -0.2) is 19.7 Å². The minimum Gasteiger partial charge on any atom is -0.315 e. The van der Waals surface area contributed by atoms with Gasteiger partial charge in [-0.05, 0) is 25.0 Å². The molecule has 0 saturated heterocycles. The summed E-state index contributed by atoms with van der Waals surface area (Å²) in [5.74, 6) is 2.18. The third-order valence-electron chi connectivity index (χ3n) is 3.87. The fourth-order valence-corrected chi connectivity index (χ4v) is 4.64. The lowest BCUT2D eigenvalue weighted by Crippen LogP contribution is -2.06. The first-order chi connectivity index (χ1) is 10.8. The van der Waals surface area contributed by atoms with E-state index in [-0.39, 0.29) is 0 Å². The van der Waals surface area contributed by atoms with Crippen molar-refractivity contribution in [1.29, 1.82) is 0 Å². The van der Waals surface area contributed by atoms with E-state index in [1.807, 2.05) is 12.1 Å². The first kappa shape index (κ1) is 14.4. The zero-order chi connectivity index (χ0) is 14.9. The van der Waals surface area contributed by atoms with E-state index in [0.29, 0.717) is 0 Å². The van der Waals surface area contributed by atoms with Crippen LogP contribution in [0.3, 0.4) is 0 Å². The van der Waals surface area contributed by atoms with Crippen LogP contribution in [0.25, 0.3) is 10.6 Å². The fourth-order valence-electron chi connectivity index (χ4n) is 2.77. The lowest BCUT2D eigenvalue weighted by atomic mass is 10.2. The average Bonchev–Trinajstić information content (AvgIpc) is 3.18. The third-order valence-corrected chi connectivity index (χ3v) is 5.98. The standard InChI is InChI=1S/C15H15ClN4S2/c16-12-6-5-11(22-12)10-9-21-15(17-10)8-14-19-18-13-4-2-1-3-7-20(13)14/h5-6,9H,1-4,7-8H2. The molecule has 0 bridgehead atoms. The molecule has 0 amide bonds. The molecule has 0 radical (unpaired) electrons. The number of halogens is 1. The maximum atomic E-state index is 6.00. The lowest BCUT2D eigenvalue weighted by molar-refractivity contribution is 0.611. The SMILES string of the molecule is Clc1ccc(-c2csc(Cc3nnc4n3CCCCC4)n2)s1. The molecular weight excluding hydrogens is 336 g/mol. The second kappa shape index (κ2) is 6.10. The van der Waals surface area contributed by atoms with Gasteiger partial charge in [-0.25, -0.2) is 4.98 Å². The van der Waals surface area contributed by atoms with Crippen LogP contribution in [-0.2, 0) is 19.4 Å². The topological polar surface area (TPSA) is 43.6 Å². The number of aryl methyl sites for hydroxylation is 1. The van der Waals surface area contributed by atoms with Gasteiger partial charge in [-0.3, -0.25) is 0 Å². The molecule has 0 unspecified atom stereocenters. The molecule has 7 heteroatoms. The Hall–Kier alpha value is -1.24. The normalized spacial score (nSPS) is 14.8. The Balaban J connectivity index is 1.57. The number of thiophene rings is 1. The summed E-state index contributed by atoms with van der Waals surface area (Å²) in [4.78, 5) is 5.85.